The first-order valence-corrected chi connectivity index (χ1v) is 13.6. The molecule has 0 spiro atoms. The molecular formula is C31H40N4O4. The molecule has 1 aliphatic carbocycles. The van der Waals surface area contributed by atoms with E-state index in [1.165, 1.54) is 12.0 Å². The average Bonchev–Trinajstić information content (AvgIpc) is 3.54. The van der Waals surface area contributed by atoms with E-state index >= 15 is 0 Å². The Hall–Kier alpha value is -3.55. The minimum Gasteiger partial charge on any atom is -0.469 e. The Balaban J connectivity index is 1.61. The highest BCUT2D eigenvalue weighted by atomic mass is 16.5. The Labute approximate surface area is 231 Å². The summed E-state index contributed by atoms with van der Waals surface area (Å²) in [4.78, 5) is 41.1. The zero-order valence-electron chi connectivity index (χ0n) is 24.0. The largest absolute Gasteiger partial charge is 0.469 e. The summed E-state index contributed by atoms with van der Waals surface area (Å²) in [7, 11) is 1.39. The number of allylic oxidation sites excluding steroid dienone is 4. The minimum absolute atomic E-state index is 0.0424. The number of nitrogens with zero attached hydrogens (tertiary/aromatic N) is 4. The van der Waals surface area contributed by atoms with Gasteiger partial charge in [0.2, 0.25) is 11.8 Å². The molecule has 2 fully saturated rings. The number of carbonyl (C=O) groups is 3. The maximum atomic E-state index is 13.6. The molecule has 2 aliphatic rings. The van der Waals surface area contributed by atoms with E-state index in [0.29, 0.717) is 12.1 Å². The van der Waals surface area contributed by atoms with Crippen LogP contribution in [0.1, 0.15) is 71.7 Å². The van der Waals surface area contributed by atoms with Gasteiger partial charge in [-0.1, -0.05) is 58.8 Å². The van der Waals surface area contributed by atoms with Crippen LogP contribution in [0.2, 0.25) is 0 Å². The van der Waals surface area contributed by atoms with E-state index < -0.39 is 5.41 Å². The molecule has 1 aliphatic heterocycles. The van der Waals surface area contributed by atoms with Crippen LogP contribution in [0.4, 0.5) is 0 Å². The third-order valence-electron chi connectivity index (χ3n) is 7.87. The van der Waals surface area contributed by atoms with Crippen LogP contribution < -0.4 is 0 Å². The second-order valence-electron chi connectivity index (χ2n) is 12.1. The number of methoxy groups -OCH3 is 1. The fourth-order valence-electron chi connectivity index (χ4n) is 6.22. The van der Waals surface area contributed by atoms with Gasteiger partial charge in [-0.05, 0) is 71.8 Å². The molecule has 1 aromatic carbocycles. The second kappa shape index (κ2) is 11.3. The van der Waals surface area contributed by atoms with E-state index in [1.54, 1.807) is 10.9 Å². The fourth-order valence-corrected chi connectivity index (χ4v) is 6.22. The Kier molecular flexibility index (Phi) is 8.23. The standard InChI is InChI=1S/C31H40N4O4/c1-19(2)13-22-15-23(14-20(3)4)27-26(22)28(36)34(29(27)37)17-24-18-35(33-32-24)25(21-11-9-8-10-12-21)16-31(5,6)30(38)39-7/h8-14,18,22-23,25-27H,15-17H2,1-7H3. The molecule has 1 aromatic heterocycles. The van der Waals surface area contributed by atoms with Gasteiger partial charge in [0.1, 0.15) is 5.69 Å². The number of benzene rings is 1. The second-order valence-corrected chi connectivity index (χ2v) is 12.1. The smallest absolute Gasteiger partial charge is 0.311 e. The molecule has 8 nitrogen and oxygen atoms in total. The summed E-state index contributed by atoms with van der Waals surface area (Å²) >= 11 is 0. The number of fused-ring (bicyclic) bond motifs is 1. The van der Waals surface area contributed by atoms with Crippen molar-refractivity contribution < 1.29 is 19.1 Å². The lowest BCUT2D eigenvalue weighted by molar-refractivity contribution is -0.151. The van der Waals surface area contributed by atoms with Crippen molar-refractivity contribution in [2.45, 2.75) is 67.0 Å². The first-order chi connectivity index (χ1) is 18.4. The normalized spacial score (nSPS) is 23.4. The quantitative estimate of drug-likeness (QED) is 0.253. The van der Waals surface area contributed by atoms with Crippen LogP contribution in [0.5, 0.6) is 0 Å². The van der Waals surface area contributed by atoms with Crippen molar-refractivity contribution in [2.24, 2.45) is 29.1 Å². The lowest BCUT2D eigenvalue weighted by atomic mass is 9.83. The number of carbonyl (C=O) groups excluding carboxylic acids is 3. The summed E-state index contributed by atoms with van der Waals surface area (Å²) in [5, 5.41) is 8.73. The molecule has 2 amide bonds. The molecule has 1 saturated carbocycles. The molecule has 0 radical (unpaired) electrons. The molecule has 2 aromatic rings. The van der Waals surface area contributed by atoms with Gasteiger partial charge in [0, 0.05) is 0 Å². The monoisotopic (exact) mass is 532 g/mol. The molecule has 8 heteroatoms. The number of imide groups is 1. The number of ether oxygens (including phenoxy) is 1. The van der Waals surface area contributed by atoms with Crippen molar-refractivity contribution >= 4 is 17.8 Å². The van der Waals surface area contributed by atoms with Crippen molar-refractivity contribution in [1.29, 1.82) is 0 Å². The predicted molar refractivity (Wildman–Crippen MR) is 148 cm³/mol. The van der Waals surface area contributed by atoms with E-state index in [-0.39, 0.29) is 54.0 Å². The summed E-state index contributed by atoms with van der Waals surface area (Å²) in [6, 6.07) is 9.51. The van der Waals surface area contributed by atoms with Gasteiger partial charge in [-0.2, -0.15) is 0 Å². The summed E-state index contributed by atoms with van der Waals surface area (Å²) in [6.45, 7) is 11.9. The average molecular weight is 533 g/mol. The van der Waals surface area contributed by atoms with Crippen molar-refractivity contribution in [3.8, 4) is 0 Å². The molecule has 208 valence electrons. The fraction of sp³-hybridized carbons (Fsp3) is 0.516. The van der Waals surface area contributed by atoms with Gasteiger partial charge in [-0.15, -0.1) is 5.10 Å². The van der Waals surface area contributed by atoms with Crippen molar-refractivity contribution in [1.82, 2.24) is 19.9 Å². The van der Waals surface area contributed by atoms with E-state index in [4.69, 9.17) is 4.74 Å². The van der Waals surface area contributed by atoms with Crippen LogP contribution in [0, 0.1) is 29.1 Å². The van der Waals surface area contributed by atoms with Crippen LogP contribution in [0.15, 0.2) is 59.8 Å². The lowest BCUT2D eigenvalue weighted by Gasteiger charge is -2.27. The van der Waals surface area contributed by atoms with Gasteiger partial charge in [0.25, 0.3) is 0 Å². The molecule has 5 unspecified atom stereocenters. The summed E-state index contributed by atoms with van der Waals surface area (Å²) in [5.74, 6) is -1.17. The number of esters is 1. The molecule has 2 heterocycles. The lowest BCUT2D eigenvalue weighted by Crippen LogP contribution is -2.33. The minimum atomic E-state index is -0.764. The third kappa shape index (κ3) is 5.89. The van der Waals surface area contributed by atoms with E-state index in [1.807, 2.05) is 71.9 Å². The number of aromatic nitrogens is 3. The zero-order valence-corrected chi connectivity index (χ0v) is 24.0. The number of hydrogen-bond donors (Lipinski definition) is 0. The molecule has 39 heavy (non-hydrogen) atoms. The molecule has 0 bridgehead atoms. The van der Waals surface area contributed by atoms with E-state index in [9.17, 15) is 14.4 Å². The maximum Gasteiger partial charge on any atom is 0.311 e. The Morgan fingerprint density at radius 3 is 2.10 bits per heavy atom. The zero-order chi connectivity index (χ0) is 28.5. The van der Waals surface area contributed by atoms with Gasteiger partial charge in [-0.3, -0.25) is 19.3 Å². The van der Waals surface area contributed by atoms with Gasteiger partial charge in [0.15, 0.2) is 0 Å². The highest BCUT2D eigenvalue weighted by Gasteiger charge is 2.57. The van der Waals surface area contributed by atoms with Gasteiger partial charge >= 0.3 is 5.97 Å². The molecular weight excluding hydrogens is 492 g/mol. The first-order valence-electron chi connectivity index (χ1n) is 13.6. The molecule has 4 rings (SSSR count). The van der Waals surface area contributed by atoms with Crippen LogP contribution >= 0.6 is 0 Å². The van der Waals surface area contributed by atoms with Crippen LogP contribution in [-0.2, 0) is 25.7 Å². The van der Waals surface area contributed by atoms with Crippen molar-refractivity contribution in [2.75, 3.05) is 7.11 Å². The molecule has 0 N–H and O–H groups in total. The Bertz CT molecular complexity index is 1240. The Morgan fingerprint density at radius 1 is 1.03 bits per heavy atom. The van der Waals surface area contributed by atoms with E-state index in [2.05, 4.69) is 22.5 Å². The van der Waals surface area contributed by atoms with Crippen molar-refractivity contribution in [3.63, 3.8) is 0 Å². The number of amides is 2. The van der Waals surface area contributed by atoms with Gasteiger partial charge in [-0.25, -0.2) is 4.68 Å². The summed E-state index contributed by atoms with van der Waals surface area (Å²) < 4.78 is 6.75. The first kappa shape index (κ1) is 28.5. The summed E-state index contributed by atoms with van der Waals surface area (Å²) in [5.41, 5.74) is 3.05. The van der Waals surface area contributed by atoms with Crippen LogP contribution in [0.25, 0.3) is 0 Å². The van der Waals surface area contributed by atoms with Crippen molar-refractivity contribution in [3.05, 3.63) is 71.1 Å². The number of rotatable bonds is 9. The maximum absolute atomic E-state index is 13.6. The third-order valence-corrected chi connectivity index (χ3v) is 7.87. The number of hydrogen-bond acceptors (Lipinski definition) is 6. The molecule has 1 saturated heterocycles. The SMILES string of the molecule is COC(=O)C(C)(C)CC(c1ccccc1)n1cc(CN2C(=O)C3C(C=C(C)C)CC(C=C(C)C)C3C2=O)nn1. The predicted octanol–water partition coefficient (Wildman–Crippen LogP) is 5.13. The van der Waals surface area contributed by atoms with Crippen LogP contribution in [-0.4, -0.2) is 44.8 Å². The summed E-state index contributed by atoms with van der Waals surface area (Å²) in [6.07, 6.45) is 7.32. The topological polar surface area (TPSA) is 94.4 Å². The highest BCUT2D eigenvalue weighted by molar-refractivity contribution is 6.06. The van der Waals surface area contributed by atoms with E-state index in [0.717, 1.165) is 23.1 Å². The van der Waals surface area contributed by atoms with Crippen LogP contribution in [0.3, 0.4) is 0 Å². The van der Waals surface area contributed by atoms with Gasteiger partial charge in [0.05, 0.1) is 43.1 Å². The highest BCUT2D eigenvalue weighted by Crippen LogP contribution is 2.49. The number of likely N-dealkylation sites (tertiary alicyclic amines) is 1. The Morgan fingerprint density at radius 2 is 1.59 bits per heavy atom. The molecule has 5 atom stereocenters. The van der Waals surface area contributed by atoms with Gasteiger partial charge < -0.3 is 4.74 Å².